The van der Waals surface area contributed by atoms with E-state index >= 15 is 0 Å². The van der Waals surface area contributed by atoms with Crippen molar-refractivity contribution >= 4 is 33.9 Å². The molecule has 160 valence electrons. The van der Waals surface area contributed by atoms with E-state index in [1.807, 2.05) is 28.5 Å². The third kappa shape index (κ3) is 4.28. The van der Waals surface area contributed by atoms with Crippen LogP contribution in [0.5, 0.6) is 0 Å². The highest BCUT2D eigenvalue weighted by molar-refractivity contribution is 7.13. The van der Waals surface area contributed by atoms with Crippen molar-refractivity contribution < 1.29 is 4.79 Å². The molecule has 1 unspecified atom stereocenters. The Bertz CT molecular complexity index is 1070. The topological polar surface area (TPSA) is 61.4 Å². The van der Waals surface area contributed by atoms with Crippen molar-refractivity contribution in [3.8, 4) is 0 Å². The van der Waals surface area contributed by atoms with Gasteiger partial charge in [-0.05, 0) is 61.6 Å². The predicted octanol–water partition coefficient (Wildman–Crippen LogP) is 4.68. The van der Waals surface area contributed by atoms with Crippen LogP contribution in [-0.2, 0) is 6.42 Å². The van der Waals surface area contributed by atoms with E-state index in [4.69, 9.17) is 4.98 Å². The number of fused-ring (bicyclic) bond motifs is 1. The van der Waals surface area contributed by atoms with E-state index in [0.717, 1.165) is 61.0 Å². The summed E-state index contributed by atoms with van der Waals surface area (Å²) in [6.07, 6.45) is 6.01. The summed E-state index contributed by atoms with van der Waals surface area (Å²) < 4.78 is 0. The molecular formula is C24H27N5OS. The highest BCUT2D eigenvalue weighted by Gasteiger charge is 2.27. The Morgan fingerprint density at radius 3 is 3.00 bits per heavy atom. The third-order valence-corrected chi connectivity index (χ3v) is 6.93. The van der Waals surface area contributed by atoms with Crippen LogP contribution < -0.4 is 10.2 Å². The van der Waals surface area contributed by atoms with Crippen molar-refractivity contribution in [2.24, 2.45) is 0 Å². The zero-order chi connectivity index (χ0) is 21.2. The number of aryl methyl sites for hydroxylation is 1. The van der Waals surface area contributed by atoms with E-state index in [0.29, 0.717) is 6.54 Å². The lowest BCUT2D eigenvalue weighted by Crippen LogP contribution is -2.39. The van der Waals surface area contributed by atoms with Crippen molar-refractivity contribution in [3.05, 3.63) is 64.8 Å². The minimum absolute atomic E-state index is 0.137. The van der Waals surface area contributed by atoms with Gasteiger partial charge in [0.05, 0.1) is 0 Å². The predicted molar refractivity (Wildman–Crippen MR) is 126 cm³/mol. The molecule has 4 heterocycles. The highest BCUT2D eigenvalue weighted by Crippen LogP contribution is 2.30. The first-order valence-corrected chi connectivity index (χ1v) is 11.8. The van der Waals surface area contributed by atoms with Crippen molar-refractivity contribution in [1.29, 1.82) is 0 Å². The van der Waals surface area contributed by atoms with Gasteiger partial charge in [-0.25, -0.2) is 9.97 Å². The fraction of sp³-hybridized carbons (Fsp3) is 0.375. The normalized spacial score (nSPS) is 18.5. The van der Waals surface area contributed by atoms with Gasteiger partial charge in [0.2, 0.25) is 0 Å². The molecule has 0 bridgehead atoms. The SMILES string of the molecule is CN1CCCc2cc(C(=O)N3CCCC(c4cccc(Nc5nccs5)n4)C3)ccc21. The number of carbonyl (C=O) groups excluding carboxylic acids is 1. The number of likely N-dealkylation sites (tertiary alicyclic amines) is 1. The van der Waals surface area contributed by atoms with Gasteiger partial charge in [0, 0.05) is 61.1 Å². The quantitative estimate of drug-likeness (QED) is 0.647. The standard InChI is InChI=1S/C24H27N5OS/c1-28-12-3-5-17-15-18(9-10-21(17)28)23(30)29-13-4-6-19(16-29)20-7-2-8-22(26-20)27-24-25-11-14-31-24/h2,7-11,14-15,19H,3-6,12-13,16H2,1H3,(H,25,26,27). The van der Waals surface area contributed by atoms with E-state index in [9.17, 15) is 4.79 Å². The molecule has 0 aliphatic carbocycles. The van der Waals surface area contributed by atoms with Crippen LogP contribution >= 0.6 is 11.3 Å². The lowest BCUT2D eigenvalue weighted by Gasteiger charge is -2.33. The van der Waals surface area contributed by atoms with Gasteiger partial charge in [0.15, 0.2) is 5.13 Å². The Kier molecular flexibility index (Phi) is 5.59. The van der Waals surface area contributed by atoms with Crippen LogP contribution in [0.1, 0.15) is 46.8 Å². The van der Waals surface area contributed by atoms with Crippen LogP contribution in [0, 0.1) is 0 Å². The number of pyridine rings is 1. The second-order valence-corrected chi connectivity index (χ2v) is 9.26. The number of anilines is 3. The molecule has 0 spiro atoms. The number of piperidine rings is 1. The first-order valence-electron chi connectivity index (χ1n) is 10.9. The number of hydrogen-bond acceptors (Lipinski definition) is 6. The molecular weight excluding hydrogens is 406 g/mol. The number of thiazole rings is 1. The zero-order valence-corrected chi connectivity index (χ0v) is 18.6. The molecule has 3 aromatic rings. The van der Waals surface area contributed by atoms with Gasteiger partial charge in [-0.3, -0.25) is 4.79 Å². The van der Waals surface area contributed by atoms with Crippen molar-refractivity contribution in [2.45, 2.75) is 31.6 Å². The lowest BCUT2D eigenvalue weighted by molar-refractivity contribution is 0.0706. The maximum Gasteiger partial charge on any atom is 0.253 e. The average Bonchev–Trinajstić information content (AvgIpc) is 3.32. The zero-order valence-electron chi connectivity index (χ0n) is 17.8. The highest BCUT2D eigenvalue weighted by atomic mass is 32.1. The molecule has 1 atom stereocenters. The molecule has 1 aromatic carbocycles. The van der Waals surface area contributed by atoms with Gasteiger partial charge in [-0.1, -0.05) is 6.07 Å². The van der Waals surface area contributed by atoms with Crippen LogP contribution in [0.15, 0.2) is 48.0 Å². The minimum atomic E-state index is 0.137. The molecule has 7 heteroatoms. The molecule has 1 fully saturated rings. The van der Waals surface area contributed by atoms with Gasteiger partial charge in [-0.2, -0.15) is 0 Å². The van der Waals surface area contributed by atoms with E-state index in [1.165, 1.54) is 11.3 Å². The molecule has 6 nitrogen and oxygen atoms in total. The number of nitrogens with zero attached hydrogens (tertiary/aromatic N) is 4. The number of carbonyl (C=O) groups is 1. The Morgan fingerprint density at radius 2 is 2.13 bits per heavy atom. The van der Waals surface area contributed by atoms with E-state index in [1.54, 1.807) is 17.5 Å². The Balaban J connectivity index is 1.31. The molecule has 1 N–H and O–H groups in total. The van der Waals surface area contributed by atoms with Crippen molar-refractivity contribution in [3.63, 3.8) is 0 Å². The second-order valence-electron chi connectivity index (χ2n) is 8.37. The number of amides is 1. The number of nitrogens with one attached hydrogen (secondary N) is 1. The van der Waals surface area contributed by atoms with Crippen LogP contribution in [-0.4, -0.2) is 47.5 Å². The summed E-state index contributed by atoms with van der Waals surface area (Å²) in [7, 11) is 2.12. The fourth-order valence-corrected chi connectivity index (χ4v) is 5.18. The van der Waals surface area contributed by atoms with E-state index in [2.05, 4.69) is 40.4 Å². The first kappa shape index (κ1) is 20.0. The summed E-state index contributed by atoms with van der Waals surface area (Å²) in [5.74, 6) is 1.19. The minimum Gasteiger partial charge on any atom is -0.374 e. The molecule has 5 rings (SSSR count). The van der Waals surface area contributed by atoms with Gasteiger partial charge in [0.25, 0.3) is 5.91 Å². The summed E-state index contributed by atoms with van der Waals surface area (Å²) >= 11 is 1.55. The molecule has 0 radical (unpaired) electrons. The van der Waals surface area contributed by atoms with Crippen LogP contribution in [0.4, 0.5) is 16.6 Å². The van der Waals surface area contributed by atoms with Gasteiger partial charge < -0.3 is 15.1 Å². The Labute approximate surface area is 186 Å². The molecule has 31 heavy (non-hydrogen) atoms. The molecule has 2 aromatic heterocycles. The summed E-state index contributed by atoms with van der Waals surface area (Å²) in [6, 6.07) is 12.3. The Hall–Kier alpha value is -2.93. The van der Waals surface area contributed by atoms with Gasteiger partial charge >= 0.3 is 0 Å². The second kappa shape index (κ2) is 8.67. The maximum atomic E-state index is 13.3. The lowest BCUT2D eigenvalue weighted by atomic mass is 9.93. The first-order chi connectivity index (χ1) is 15.2. The summed E-state index contributed by atoms with van der Waals surface area (Å²) in [5, 5.41) is 6.04. The molecule has 1 saturated heterocycles. The third-order valence-electron chi connectivity index (χ3n) is 6.24. The molecule has 2 aliphatic rings. The van der Waals surface area contributed by atoms with E-state index < -0.39 is 0 Å². The largest absolute Gasteiger partial charge is 0.374 e. The maximum absolute atomic E-state index is 13.3. The molecule has 2 aliphatic heterocycles. The van der Waals surface area contributed by atoms with Gasteiger partial charge in [0.1, 0.15) is 5.82 Å². The van der Waals surface area contributed by atoms with Crippen molar-refractivity contribution in [1.82, 2.24) is 14.9 Å². The number of rotatable bonds is 4. The molecule has 0 saturated carbocycles. The Morgan fingerprint density at radius 1 is 1.19 bits per heavy atom. The molecule has 1 amide bonds. The van der Waals surface area contributed by atoms with E-state index in [-0.39, 0.29) is 11.8 Å². The van der Waals surface area contributed by atoms with Crippen molar-refractivity contribution in [2.75, 3.05) is 36.9 Å². The van der Waals surface area contributed by atoms with Gasteiger partial charge in [-0.15, -0.1) is 11.3 Å². The monoisotopic (exact) mass is 433 g/mol. The average molecular weight is 434 g/mol. The van der Waals surface area contributed by atoms with Crippen LogP contribution in [0.25, 0.3) is 0 Å². The van der Waals surface area contributed by atoms with Crippen LogP contribution in [0.3, 0.4) is 0 Å². The summed E-state index contributed by atoms with van der Waals surface area (Å²) in [4.78, 5) is 26.7. The smallest absolute Gasteiger partial charge is 0.253 e. The summed E-state index contributed by atoms with van der Waals surface area (Å²) in [6.45, 7) is 2.60. The van der Waals surface area contributed by atoms with Crippen LogP contribution in [0.2, 0.25) is 0 Å². The number of aromatic nitrogens is 2. The number of benzene rings is 1. The number of hydrogen-bond donors (Lipinski definition) is 1. The summed E-state index contributed by atoms with van der Waals surface area (Å²) in [5.41, 5.74) is 4.39. The fourth-order valence-electron chi connectivity index (χ4n) is 4.65.